The Morgan fingerprint density at radius 1 is 0.870 bits per heavy atom. The van der Waals surface area contributed by atoms with Crippen LogP contribution in [0.2, 0.25) is 0 Å². The van der Waals surface area contributed by atoms with Gasteiger partial charge in [0.1, 0.15) is 24.5 Å². The van der Waals surface area contributed by atoms with Crippen LogP contribution in [0.4, 0.5) is 11.4 Å². The number of methoxy groups -OCH3 is 1. The molecule has 0 radical (unpaired) electrons. The van der Waals surface area contributed by atoms with Gasteiger partial charge in [0.05, 0.1) is 7.11 Å². The maximum Gasteiger partial charge on any atom is 0.326 e. The molecule has 0 fully saturated rings. The van der Waals surface area contributed by atoms with Crippen molar-refractivity contribution in [2.75, 3.05) is 18.2 Å². The van der Waals surface area contributed by atoms with Crippen LogP contribution in [0.5, 0.6) is 11.5 Å². The number of carbonyl (C=O) groups excluding carboxylic acids is 1. The Morgan fingerprint density at radius 2 is 1.50 bits per heavy atom. The Bertz CT molecular complexity index is 1620. The first-order valence-corrected chi connectivity index (χ1v) is 14.1. The van der Waals surface area contributed by atoms with E-state index in [1.165, 1.54) is 7.11 Å². The van der Waals surface area contributed by atoms with Gasteiger partial charge in [-0.2, -0.15) is 0 Å². The number of aliphatic carboxylic acids is 2. The zero-order valence-corrected chi connectivity index (χ0v) is 25.4. The summed E-state index contributed by atoms with van der Waals surface area (Å²) in [6, 6.07) is 26.1. The smallest absolute Gasteiger partial charge is 0.326 e. The molecule has 0 saturated heterocycles. The molecule has 0 aromatic heterocycles. The minimum atomic E-state index is -1.19. The molecule has 0 aliphatic carbocycles. The van der Waals surface area contributed by atoms with Crippen molar-refractivity contribution in [3.63, 3.8) is 0 Å². The minimum Gasteiger partial charge on any atom is -0.493 e. The molecular weight excluding hydrogens is 590 g/mol. The van der Waals surface area contributed by atoms with Crippen molar-refractivity contribution in [3.05, 3.63) is 119 Å². The molecule has 0 saturated carbocycles. The van der Waals surface area contributed by atoms with E-state index in [-0.39, 0.29) is 12.3 Å². The highest BCUT2D eigenvalue weighted by Gasteiger charge is 2.28. The second kappa shape index (κ2) is 16.7. The van der Waals surface area contributed by atoms with Gasteiger partial charge in [0.2, 0.25) is 5.91 Å². The van der Waals surface area contributed by atoms with E-state index in [1.807, 2.05) is 30.3 Å². The van der Waals surface area contributed by atoms with E-state index >= 15 is 0 Å². The number of amidine groups is 1. The van der Waals surface area contributed by atoms with Crippen molar-refractivity contribution >= 4 is 35.1 Å². The quantitative estimate of drug-likeness (QED) is 0.0638. The number of amides is 1. The molecule has 2 atom stereocenters. The number of anilines is 2. The van der Waals surface area contributed by atoms with Gasteiger partial charge in [-0.15, -0.1) is 0 Å². The molecule has 12 nitrogen and oxygen atoms in total. The molecule has 46 heavy (non-hydrogen) atoms. The standard InChI is InChI=1S/C32H33N5O5.C2H4O2/c1-41-28-18-23(11-16-27(28)42-19-21-5-3-2-4-6-21)29(36-25-14-9-22(10-15-25)30(34)35)31(38)37-26(32(39)40)17-20-7-12-24(33)13-8-20;1-2(3)4/h2-16,18,26,29,36H,17,19,33H2,1H3,(H3,34,35)(H,37,38)(H,39,40);1H3,(H,3,4)/t26-,29+;/m0./s1. The number of carboxylic acids is 2. The van der Waals surface area contributed by atoms with Crippen molar-refractivity contribution in [2.45, 2.75) is 32.0 Å². The lowest BCUT2D eigenvalue weighted by molar-refractivity contribution is -0.142. The number of nitrogens with one attached hydrogen (secondary N) is 3. The van der Waals surface area contributed by atoms with Crippen molar-refractivity contribution in [3.8, 4) is 11.5 Å². The average molecular weight is 628 g/mol. The average Bonchev–Trinajstić information content (AvgIpc) is 3.03. The monoisotopic (exact) mass is 627 g/mol. The Balaban J connectivity index is 0.00000136. The summed E-state index contributed by atoms with van der Waals surface area (Å²) in [5.74, 6) is -1.76. The fraction of sp³-hybridized carbons (Fsp3) is 0.176. The first-order valence-electron chi connectivity index (χ1n) is 14.1. The Labute approximate surface area is 266 Å². The van der Waals surface area contributed by atoms with E-state index < -0.39 is 29.9 Å². The normalized spacial score (nSPS) is 11.5. The molecule has 0 bridgehead atoms. The molecule has 240 valence electrons. The number of hydrogen-bond acceptors (Lipinski definition) is 8. The van der Waals surface area contributed by atoms with Gasteiger partial charge in [0, 0.05) is 30.3 Å². The topological polar surface area (TPSA) is 210 Å². The van der Waals surface area contributed by atoms with E-state index in [0.717, 1.165) is 12.5 Å². The molecule has 0 aliphatic rings. The summed E-state index contributed by atoms with van der Waals surface area (Å²) in [6.07, 6.45) is 0.0664. The number of nitrogens with two attached hydrogens (primary N) is 2. The lowest BCUT2D eigenvalue weighted by Gasteiger charge is -2.24. The predicted octanol–water partition coefficient (Wildman–Crippen LogP) is 4.20. The van der Waals surface area contributed by atoms with Crippen molar-refractivity contribution in [1.82, 2.24) is 5.32 Å². The number of rotatable bonds is 13. The van der Waals surface area contributed by atoms with Crippen molar-refractivity contribution in [1.29, 1.82) is 5.41 Å². The second-order valence-electron chi connectivity index (χ2n) is 10.1. The van der Waals surface area contributed by atoms with Crippen molar-refractivity contribution in [2.24, 2.45) is 5.73 Å². The minimum absolute atomic E-state index is 0.0664. The van der Waals surface area contributed by atoms with E-state index in [4.69, 9.17) is 36.3 Å². The fourth-order valence-electron chi connectivity index (χ4n) is 4.28. The fourth-order valence-corrected chi connectivity index (χ4v) is 4.28. The third-order valence-electron chi connectivity index (χ3n) is 6.56. The van der Waals surface area contributed by atoms with E-state index in [9.17, 15) is 14.7 Å². The highest BCUT2D eigenvalue weighted by molar-refractivity contribution is 5.95. The maximum absolute atomic E-state index is 13.7. The predicted molar refractivity (Wildman–Crippen MR) is 175 cm³/mol. The van der Waals surface area contributed by atoms with Crippen LogP contribution < -0.4 is 31.6 Å². The van der Waals surface area contributed by atoms with Gasteiger partial charge in [-0.1, -0.05) is 48.5 Å². The molecule has 0 aliphatic heterocycles. The molecule has 4 aromatic rings. The van der Waals surface area contributed by atoms with Crippen LogP contribution >= 0.6 is 0 Å². The third kappa shape index (κ3) is 10.6. The van der Waals surface area contributed by atoms with E-state index in [1.54, 1.807) is 66.7 Å². The summed E-state index contributed by atoms with van der Waals surface area (Å²) < 4.78 is 11.5. The van der Waals surface area contributed by atoms with E-state index in [0.29, 0.717) is 46.2 Å². The molecule has 12 heteroatoms. The van der Waals surface area contributed by atoms with Crippen LogP contribution in [0.25, 0.3) is 0 Å². The van der Waals surface area contributed by atoms with Crippen LogP contribution in [-0.4, -0.2) is 47.0 Å². The number of hydrogen-bond donors (Lipinski definition) is 7. The third-order valence-corrected chi connectivity index (χ3v) is 6.56. The Kier molecular flexibility index (Phi) is 12.5. The molecule has 1 amide bonds. The van der Waals surface area contributed by atoms with Gasteiger partial charge >= 0.3 is 5.97 Å². The van der Waals surface area contributed by atoms with Gasteiger partial charge in [0.15, 0.2) is 11.5 Å². The lowest BCUT2D eigenvalue weighted by atomic mass is 10.0. The number of carboxylic acid groups (broad SMARTS) is 2. The highest BCUT2D eigenvalue weighted by Crippen LogP contribution is 2.32. The number of ether oxygens (including phenoxy) is 2. The molecule has 0 heterocycles. The van der Waals surface area contributed by atoms with Gasteiger partial charge in [0.25, 0.3) is 5.97 Å². The van der Waals surface area contributed by atoms with Crippen LogP contribution in [0, 0.1) is 5.41 Å². The summed E-state index contributed by atoms with van der Waals surface area (Å²) in [4.78, 5) is 34.8. The van der Waals surface area contributed by atoms with Crippen LogP contribution in [0.3, 0.4) is 0 Å². The van der Waals surface area contributed by atoms with Crippen LogP contribution in [-0.2, 0) is 27.4 Å². The summed E-state index contributed by atoms with van der Waals surface area (Å²) in [5.41, 5.74) is 15.2. The molecular formula is C34H37N5O7. The lowest BCUT2D eigenvalue weighted by Crippen LogP contribution is -2.45. The van der Waals surface area contributed by atoms with Gasteiger partial charge < -0.3 is 41.8 Å². The Hall–Kier alpha value is -6.04. The number of benzene rings is 4. The molecule has 4 rings (SSSR count). The second-order valence-corrected chi connectivity index (χ2v) is 10.1. The zero-order valence-electron chi connectivity index (χ0n) is 25.4. The number of carbonyl (C=O) groups is 3. The van der Waals surface area contributed by atoms with Crippen LogP contribution in [0.1, 0.15) is 35.2 Å². The first-order chi connectivity index (χ1) is 22.0. The van der Waals surface area contributed by atoms with Gasteiger partial charge in [-0.3, -0.25) is 15.0 Å². The summed E-state index contributed by atoms with van der Waals surface area (Å²) in [6.45, 7) is 1.41. The molecule has 0 spiro atoms. The van der Waals surface area contributed by atoms with Crippen LogP contribution in [0.15, 0.2) is 97.1 Å². The zero-order chi connectivity index (χ0) is 33.6. The first kappa shape index (κ1) is 34.5. The molecule has 9 N–H and O–H groups in total. The molecule has 0 unspecified atom stereocenters. The Morgan fingerprint density at radius 3 is 2.07 bits per heavy atom. The highest BCUT2D eigenvalue weighted by atomic mass is 16.5. The number of nitrogen functional groups attached to an aromatic ring is 2. The van der Waals surface area contributed by atoms with Crippen molar-refractivity contribution < 1.29 is 34.1 Å². The molecule has 4 aromatic carbocycles. The maximum atomic E-state index is 13.7. The largest absolute Gasteiger partial charge is 0.493 e. The van der Waals surface area contributed by atoms with E-state index in [2.05, 4.69) is 10.6 Å². The summed E-state index contributed by atoms with van der Waals surface area (Å²) >= 11 is 0. The van der Waals surface area contributed by atoms with Gasteiger partial charge in [-0.25, -0.2) is 4.79 Å². The summed E-state index contributed by atoms with van der Waals surface area (Å²) in [7, 11) is 1.50. The summed E-state index contributed by atoms with van der Waals surface area (Å²) in [5, 5.41) is 30.8. The van der Waals surface area contributed by atoms with Gasteiger partial charge in [-0.05, 0) is 65.2 Å². The SMILES string of the molecule is CC(=O)O.COc1cc([C@@H](Nc2ccc(C(=N)N)cc2)C(=O)N[C@@H](Cc2ccc(N)cc2)C(=O)O)ccc1OCc1ccccc1.